The van der Waals surface area contributed by atoms with Crippen LogP contribution in [-0.4, -0.2) is 52.3 Å². The Morgan fingerprint density at radius 3 is 2.16 bits per heavy atom. The van der Waals surface area contributed by atoms with Crippen molar-refractivity contribution < 1.29 is 14.4 Å². The Morgan fingerprint density at radius 2 is 1.44 bits per heavy atom. The van der Waals surface area contributed by atoms with Crippen molar-refractivity contribution in [3.8, 4) is 0 Å². The van der Waals surface area contributed by atoms with Gasteiger partial charge in [0, 0.05) is 74.0 Å². The molecule has 6 aromatic rings. The van der Waals surface area contributed by atoms with Gasteiger partial charge in [-0.3, -0.25) is 24.4 Å². The average molecular weight is 594 g/mol. The summed E-state index contributed by atoms with van der Waals surface area (Å²) in [5.74, 6) is -0.465. The number of aryl methyl sites for hydroxylation is 3. The van der Waals surface area contributed by atoms with E-state index in [1.165, 1.54) is 18.0 Å². The maximum Gasteiger partial charge on any atom is 0.291 e. The molecule has 0 spiro atoms. The molecule has 0 bridgehead atoms. The van der Waals surface area contributed by atoms with E-state index in [0.717, 1.165) is 26.7 Å². The van der Waals surface area contributed by atoms with Crippen LogP contribution >= 0.6 is 11.8 Å². The highest BCUT2D eigenvalue weighted by Gasteiger charge is 2.18. The normalized spacial score (nSPS) is 11.1. The average Bonchev–Trinajstić information content (AvgIpc) is 3.70. The quantitative estimate of drug-likeness (QED) is 0.137. The Morgan fingerprint density at radius 1 is 0.744 bits per heavy atom. The number of carbonyl (C=O) groups excluding carboxylic acids is 3. The molecule has 0 aliphatic rings. The SMILES string of the molecule is Cn1cc(NC(=O)c2cc(NC(=O)c3nccn3C)cn2C)cc1C(=O)NCSc1ccnc2c1ccc1cccnc12. The molecule has 0 aliphatic heterocycles. The van der Waals surface area contributed by atoms with Crippen molar-refractivity contribution >= 4 is 62.7 Å². The van der Waals surface area contributed by atoms with Gasteiger partial charge in [-0.15, -0.1) is 11.8 Å². The highest BCUT2D eigenvalue weighted by atomic mass is 32.2. The molecule has 0 fully saturated rings. The van der Waals surface area contributed by atoms with Gasteiger partial charge in [0.1, 0.15) is 11.4 Å². The number of fused-ring (bicyclic) bond motifs is 3. The van der Waals surface area contributed by atoms with Gasteiger partial charge in [0.05, 0.1) is 28.3 Å². The first kappa shape index (κ1) is 27.7. The molecular formula is C30H27N9O3S. The van der Waals surface area contributed by atoms with Crippen molar-refractivity contribution in [1.82, 2.24) is 34.0 Å². The summed E-state index contributed by atoms with van der Waals surface area (Å²) >= 11 is 1.49. The van der Waals surface area contributed by atoms with Crippen molar-refractivity contribution in [3.05, 3.63) is 96.9 Å². The summed E-state index contributed by atoms with van der Waals surface area (Å²) in [5.41, 5.74) is 3.29. The van der Waals surface area contributed by atoms with Crippen LogP contribution < -0.4 is 16.0 Å². The predicted molar refractivity (Wildman–Crippen MR) is 165 cm³/mol. The minimum atomic E-state index is -0.389. The van der Waals surface area contributed by atoms with Crippen molar-refractivity contribution in [2.45, 2.75) is 4.90 Å². The maximum atomic E-state index is 13.0. The molecule has 43 heavy (non-hydrogen) atoms. The number of amides is 3. The van der Waals surface area contributed by atoms with Gasteiger partial charge in [-0.1, -0.05) is 18.2 Å². The lowest BCUT2D eigenvalue weighted by Crippen LogP contribution is -2.24. The molecule has 0 aliphatic carbocycles. The van der Waals surface area contributed by atoms with Crippen LogP contribution in [0.3, 0.4) is 0 Å². The number of anilines is 2. The zero-order valence-electron chi connectivity index (χ0n) is 23.5. The number of benzene rings is 1. The van der Waals surface area contributed by atoms with Gasteiger partial charge < -0.3 is 29.7 Å². The van der Waals surface area contributed by atoms with Gasteiger partial charge in [0.25, 0.3) is 17.7 Å². The van der Waals surface area contributed by atoms with E-state index in [1.807, 2.05) is 30.3 Å². The zero-order chi connectivity index (χ0) is 30.1. The Balaban J connectivity index is 1.09. The van der Waals surface area contributed by atoms with Crippen LogP contribution in [0.2, 0.25) is 0 Å². The summed E-state index contributed by atoms with van der Waals surface area (Å²) in [6.45, 7) is 0. The summed E-state index contributed by atoms with van der Waals surface area (Å²) in [6, 6.07) is 13.0. The second-order valence-corrected chi connectivity index (χ2v) is 10.9. The Labute approximate surface area is 250 Å². The van der Waals surface area contributed by atoms with E-state index in [-0.39, 0.29) is 23.5 Å². The van der Waals surface area contributed by atoms with E-state index >= 15 is 0 Å². The largest absolute Gasteiger partial charge is 0.344 e. The summed E-state index contributed by atoms with van der Waals surface area (Å²) in [5, 5.41) is 10.5. The molecule has 1 aromatic carbocycles. The van der Waals surface area contributed by atoms with Crippen molar-refractivity contribution in [2.24, 2.45) is 21.1 Å². The molecule has 5 aromatic heterocycles. The number of aromatic nitrogens is 6. The lowest BCUT2D eigenvalue weighted by Gasteiger charge is -2.09. The summed E-state index contributed by atoms with van der Waals surface area (Å²) < 4.78 is 4.87. The number of rotatable bonds is 8. The number of carbonyl (C=O) groups is 3. The fourth-order valence-electron chi connectivity index (χ4n) is 4.81. The zero-order valence-corrected chi connectivity index (χ0v) is 24.3. The molecule has 3 amide bonds. The van der Waals surface area contributed by atoms with E-state index in [1.54, 1.807) is 78.0 Å². The molecule has 0 saturated carbocycles. The monoisotopic (exact) mass is 593 g/mol. The summed E-state index contributed by atoms with van der Waals surface area (Å²) in [4.78, 5) is 52.6. The standard InChI is InChI=1S/C30H27N9O3S/c1-37-12-11-33-27(37)30(42)36-20-14-23(39(3)16-20)29(41)35-19-13-22(38(2)15-19)28(40)34-17-43-24-8-10-32-26-21(24)7-6-18-5-4-9-31-25(18)26/h4-16H,17H2,1-3H3,(H,34,40)(H,35,41)(H,36,42). The van der Waals surface area contributed by atoms with E-state index in [2.05, 4.69) is 30.9 Å². The number of nitrogens with zero attached hydrogens (tertiary/aromatic N) is 6. The van der Waals surface area contributed by atoms with Gasteiger partial charge in [-0.25, -0.2) is 4.98 Å². The van der Waals surface area contributed by atoms with Crippen LogP contribution in [0.15, 0.2) is 84.5 Å². The molecule has 13 heteroatoms. The number of pyridine rings is 2. The van der Waals surface area contributed by atoms with Crippen molar-refractivity contribution in [3.63, 3.8) is 0 Å². The maximum absolute atomic E-state index is 13.0. The first-order valence-electron chi connectivity index (χ1n) is 13.2. The minimum Gasteiger partial charge on any atom is -0.344 e. The fourth-order valence-corrected chi connectivity index (χ4v) is 5.64. The molecule has 0 unspecified atom stereocenters. The third kappa shape index (κ3) is 5.57. The highest BCUT2D eigenvalue weighted by Crippen LogP contribution is 2.30. The van der Waals surface area contributed by atoms with Gasteiger partial charge in [-0.2, -0.15) is 0 Å². The molecule has 6 rings (SSSR count). The smallest absolute Gasteiger partial charge is 0.291 e. The number of imidazole rings is 1. The van der Waals surface area contributed by atoms with Crippen LogP contribution in [-0.2, 0) is 21.1 Å². The van der Waals surface area contributed by atoms with E-state index in [9.17, 15) is 14.4 Å². The molecule has 0 saturated heterocycles. The Hall–Kier alpha value is -5.43. The Kier molecular flexibility index (Phi) is 7.38. The second kappa shape index (κ2) is 11.4. The molecule has 5 heterocycles. The van der Waals surface area contributed by atoms with Gasteiger partial charge in [0.2, 0.25) is 0 Å². The van der Waals surface area contributed by atoms with Gasteiger partial charge in [-0.05, 0) is 24.3 Å². The first-order chi connectivity index (χ1) is 20.8. The fraction of sp³-hybridized carbons (Fsp3) is 0.133. The van der Waals surface area contributed by atoms with E-state index in [4.69, 9.17) is 0 Å². The Bertz CT molecular complexity index is 2020. The molecule has 216 valence electrons. The molecule has 12 nitrogen and oxygen atoms in total. The van der Waals surface area contributed by atoms with E-state index in [0.29, 0.717) is 28.6 Å². The van der Waals surface area contributed by atoms with Crippen molar-refractivity contribution in [1.29, 1.82) is 0 Å². The second-order valence-electron chi connectivity index (χ2n) is 9.86. The summed E-state index contributed by atoms with van der Waals surface area (Å²) in [6.07, 6.45) is 10.0. The van der Waals surface area contributed by atoms with E-state index < -0.39 is 0 Å². The van der Waals surface area contributed by atoms with Crippen molar-refractivity contribution in [2.75, 3.05) is 16.5 Å². The minimum absolute atomic E-state index is 0.253. The van der Waals surface area contributed by atoms with Gasteiger partial charge in [0.15, 0.2) is 5.82 Å². The number of hydrogen-bond acceptors (Lipinski definition) is 7. The highest BCUT2D eigenvalue weighted by molar-refractivity contribution is 7.99. The first-order valence-corrected chi connectivity index (χ1v) is 14.2. The molecule has 3 N–H and O–H groups in total. The molecule has 0 atom stereocenters. The van der Waals surface area contributed by atoms with Crippen LogP contribution in [0.1, 0.15) is 31.6 Å². The van der Waals surface area contributed by atoms with Crippen LogP contribution in [0.25, 0.3) is 21.8 Å². The van der Waals surface area contributed by atoms with Crippen LogP contribution in [0.4, 0.5) is 11.4 Å². The topological polar surface area (TPSA) is 141 Å². The number of hydrogen-bond donors (Lipinski definition) is 3. The predicted octanol–water partition coefficient (Wildman–Crippen LogP) is 4.18. The van der Waals surface area contributed by atoms with Gasteiger partial charge >= 0.3 is 0 Å². The summed E-state index contributed by atoms with van der Waals surface area (Å²) in [7, 11) is 5.17. The third-order valence-corrected chi connectivity index (χ3v) is 7.87. The molecular weight excluding hydrogens is 566 g/mol. The number of nitrogens with one attached hydrogen (secondary N) is 3. The third-order valence-electron chi connectivity index (χ3n) is 6.92. The molecule has 0 radical (unpaired) electrons. The number of thioether (sulfide) groups is 1. The lowest BCUT2D eigenvalue weighted by atomic mass is 10.1. The lowest BCUT2D eigenvalue weighted by molar-refractivity contribution is 0.0951. The van der Waals surface area contributed by atoms with Crippen LogP contribution in [0, 0.1) is 0 Å². The van der Waals surface area contributed by atoms with Crippen LogP contribution in [0.5, 0.6) is 0 Å².